The van der Waals surface area contributed by atoms with Gasteiger partial charge in [-0.05, 0) is 22.9 Å². The largest absolute Gasteiger partial charge is 0.475 e. The molecule has 6 heteroatoms. The highest BCUT2D eigenvalue weighted by atomic mass is 79.9. The molecule has 12 heavy (non-hydrogen) atoms. The minimum atomic E-state index is -1.22. The van der Waals surface area contributed by atoms with Gasteiger partial charge in [0.1, 0.15) is 0 Å². The summed E-state index contributed by atoms with van der Waals surface area (Å²) < 4.78 is 9.86. The first-order chi connectivity index (χ1) is 5.65. The summed E-state index contributed by atoms with van der Waals surface area (Å²) in [5.41, 5.74) is 0. The van der Waals surface area contributed by atoms with E-state index in [4.69, 9.17) is 14.3 Å². The van der Waals surface area contributed by atoms with Crippen LogP contribution in [0.2, 0.25) is 0 Å². The average molecular weight is 236 g/mol. The molecule has 0 fully saturated rings. The van der Waals surface area contributed by atoms with Crippen LogP contribution in [0, 0.1) is 0 Å². The molecule has 5 nitrogen and oxygen atoms in total. The van der Waals surface area contributed by atoms with E-state index < -0.39 is 5.97 Å². The van der Waals surface area contributed by atoms with Gasteiger partial charge in [0, 0.05) is 0 Å². The van der Waals surface area contributed by atoms with Gasteiger partial charge in [-0.15, -0.1) is 0 Å². The fourth-order valence-corrected chi connectivity index (χ4v) is 0.961. The van der Waals surface area contributed by atoms with Crippen LogP contribution in [0.3, 0.4) is 0 Å². The van der Waals surface area contributed by atoms with Gasteiger partial charge in [-0.3, -0.25) is 0 Å². The highest BCUT2D eigenvalue weighted by Gasteiger charge is 2.16. The van der Waals surface area contributed by atoms with E-state index in [1.807, 2.05) is 0 Å². The number of aromatic nitrogens is 1. The summed E-state index contributed by atoms with van der Waals surface area (Å²) in [6.45, 7) is 2.17. The van der Waals surface area contributed by atoms with E-state index in [9.17, 15) is 4.79 Å². The number of hydrogen-bond acceptors (Lipinski definition) is 4. The predicted octanol–water partition coefficient (Wildman–Crippen LogP) is 1.53. The molecule has 1 heterocycles. The molecule has 66 valence electrons. The van der Waals surface area contributed by atoms with Gasteiger partial charge < -0.3 is 14.3 Å². The third kappa shape index (κ3) is 1.76. The number of carbonyl (C=O) groups is 1. The standard InChI is InChI=1S/C6H6BrNO4/c1-2-11-4-3(7)12-5(8-4)6(9)10/h2H2,1H3,(H,9,10). The van der Waals surface area contributed by atoms with Gasteiger partial charge in [0.05, 0.1) is 6.61 Å². The summed E-state index contributed by atoms with van der Waals surface area (Å²) in [5.74, 6) is -1.44. The number of ether oxygens (including phenoxy) is 1. The molecule has 0 aliphatic heterocycles. The van der Waals surface area contributed by atoms with Crippen molar-refractivity contribution in [2.75, 3.05) is 6.61 Å². The smallest absolute Gasteiger partial charge is 0.392 e. The van der Waals surface area contributed by atoms with E-state index in [0.717, 1.165) is 0 Å². The van der Waals surface area contributed by atoms with Gasteiger partial charge in [0.25, 0.3) is 5.88 Å². The van der Waals surface area contributed by atoms with Gasteiger partial charge in [-0.2, -0.15) is 4.98 Å². The number of carboxylic acids is 1. The van der Waals surface area contributed by atoms with Crippen LogP contribution in [-0.2, 0) is 0 Å². The molecule has 0 radical (unpaired) electrons. The van der Waals surface area contributed by atoms with E-state index in [0.29, 0.717) is 6.61 Å². The SMILES string of the molecule is CCOc1nc(C(=O)O)oc1Br. The second-order valence-corrected chi connectivity index (χ2v) is 2.56. The molecule has 0 aliphatic carbocycles. The molecule has 0 aliphatic rings. The Balaban J connectivity index is 2.92. The molecule has 1 N–H and O–H groups in total. The Labute approximate surface area is 76.5 Å². The highest BCUT2D eigenvalue weighted by Crippen LogP contribution is 2.24. The average Bonchev–Trinajstić information content (AvgIpc) is 2.34. The molecular weight excluding hydrogens is 230 g/mol. The minimum Gasteiger partial charge on any atom is -0.475 e. The molecule has 0 unspecified atom stereocenters. The van der Waals surface area contributed by atoms with Crippen LogP contribution in [-0.4, -0.2) is 22.7 Å². The molecule has 0 saturated carbocycles. The summed E-state index contributed by atoms with van der Waals surface area (Å²) in [5, 5.41) is 8.46. The summed E-state index contributed by atoms with van der Waals surface area (Å²) in [7, 11) is 0. The Morgan fingerprint density at radius 2 is 2.50 bits per heavy atom. The van der Waals surface area contributed by atoms with Crippen molar-refractivity contribution in [3.63, 3.8) is 0 Å². The van der Waals surface area contributed by atoms with Gasteiger partial charge >= 0.3 is 11.9 Å². The zero-order valence-corrected chi connectivity index (χ0v) is 7.79. The zero-order chi connectivity index (χ0) is 9.14. The normalized spacial score (nSPS) is 9.83. The maximum Gasteiger partial charge on any atom is 0.392 e. The van der Waals surface area contributed by atoms with Crippen LogP contribution in [0.25, 0.3) is 0 Å². The molecular formula is C6H6BrNO4. The van der Waals surface area contributed by atoms with E-state index in [1.54, 1.807) is 6.92 Å². The van der Waals surface area contributed by atoms with Gasteiger partial charge in [0.2, 0.25) is 4.67 Å². The second kappa shape index (κ2) is 3.57. The molecule has 0 spiro atoms. The Kier molecular flexibility index (Phi) is 2.69. The summed E-state index contributed by atoms with van der Waals surface area (Å²) >= 11 is 2.97. The number of halogens is 1. The number of oxazole rings is 1. The third-order valence-electron chi connectivity index (χ3n) is 1.02. The fraction of sp³-hybridized carbons (Fsp3) is 0.333. The Bertz CT molecular complexity index is 296. The van der Waals surface area contributed by atoms with Crippen molar-refractivity contribution in [2.45, 2.75) is 6.92 Å². The Morgan fingerprint density at radius 1 is 1.83 bits per heavy atom. The van der Waals surface area contributed by atoms with Crippen molar-refractivity contribution < 1.29 is 19.1 Å². The Morgan fingerprint density at radius 3 is 2.92 bits per heavy atom. The van der Waals surface area contributed by atoms with Crippen molar-refractivity contribution >= 4 is 21.9 Å². The molecule has 1 aromatic heterocycles. The summed E-state index contributed by atoms with van der Waals surface area (Å²) in [6, 6.07) is 0. The maximum atomic E-state index is 10.3. The lowest BCUT2D eigenvalue weighted by Gasteiger charge is -1.93. The maximum absolute atomic E-state index is 10.3. The number of nitrogens with zero attached hydrogens (tertiary/aromatic N) is 1. The second-order valence-electron chi connectivity index (χ2n) is 1.84. The number of rotatable bonds is 3. The molecule has 0 amide bonds. The van der Waals surface area contributed by atoms with Gasteiger partial charge in [0.15, 0.2) is 0 Å². The lowest BCUT2D eigenvalue weighted by Crippen LogP contribution is -1.97. The van der Waals surface area contributed by atoms with Crippen LogP contribution in [0.4, 0.5) is 0 Å². The first-order valence-corrected chi connectivity index (χ1v) is 3.97. The van der Waals surface area contributed by atoms with Crippen molar-refractivity contribution in [3.05, 3.63) is 10.6 Å². The van der Waals surface area contributed by atoms with Crippen molar-refractivity contribution in [1.82, 2.24) is 4.98 Å². The Hall–Kier alpha value is -1.04. The number of carboxylic acid groups (broad SMARTS) is 1. The molecule has 0 saturated heterocycles. The zero-order valence-electron chi connectivity index (χ0n) is 6.20. The molecule has 0 bridgehead atoms. The van der Waals surface area contributed by atoms with Gasteiger partial charge in [-0.25, -0.2) is 4.79 Å². The minimum absolute atomic E-state index is 0.162. The van der Waals surface area contributed by atoms with E-state index in [-0.39, 0.29) is 16.4 Å². The monoisotopic (exact) mass is 235 g/mol. The van der Waals surface area contributed by atoms with E-state index >= 15 is 0 Å². The quantitative estimate of drug-likeness (QED) is 0.861. The van der Waals surface area contributed by atoms with Crippen LogP contribution < -0.4 is 4.74 Å². The predicted molar refractivity (Wildman–Crippen MR) is 42.3 cm³/mol. The third-order valence-corrected chi connectivity index (χ3v) is 1.52. The topological polar surface area (TPSA) is 72.6 Å². The summed E-state index contributed by atoms with van der Waals surface area (Å²) in [6.07, 6.45) is 0. The van der Waals surface area contributed by atoms with Gasteiger partial charge in [-0.1, -0.05) is 0 Å². The molecule has 0 atom stereocenters. The van der Waals surface area contributed by atoms with Crippen LogP contribution in [0.15, 0.2) is 9.09 Å². The number of aromatic carboxylic acids is 1. The van der Waals surface area contributed by atoms with Crippen LogP contribution >= 0.6 is 15.9 Å². The van der Waals surface area contributed by atoms with Crippen LogP contribution in [0.5, 0.6) is 5.88 Å². The molecule has 0 aromatic carbocycles. The first kappa shape index (κ1) is 9.05. The van der Waals surface area contributed by atoms with Crippen molar-refractivity contribution in [3.8, 4) is 5.88 Å². The van der Waals surface area contributed by atoms with Crippen molar-refractivity contribution in [1.29, 1.82) is 0 Å². The van der Waals surface area contributed by atoms with Crippen LogP contribution in [0.1, 0.15) is 17.6 Å². The van der Waals surface area contributed by atoms with E-state index in [2.05, 4.69) is 20.9 Å². The molecule has 1 aromatic rings. The number of hydrogen-bond donors (Lipinski definition) is 1. The lowest BCUT2D eigenvalue weighted by atomic mass is 10.7. The fourth-order valence-electron chi connectivity index (χ4n) is 0.605. The highest BCUT2D eigenvalue weighted by molar-refractivity contribution is 9.10. The molecule has 1 rings (SSSR count). The lowest BCUT2D eigenvalue weighted by molar-refractivity contribution is 0.0652. The first-order valence-electron chi connectivity index (χ1n) is 3.17. The summed E-state index contributed by atoms with van der Waals surface area (Å²) in [4.78, 5) is 13.9. The van der Waals surface area contributed by atoms with Crippen molar-refractivity contribution in [2.24, 2.45) is 0 Å². The van der Waals surface area contributed by atoms with E-state index in [1.165, 1.54) is 0 Å².